The Morgan fingerprint density at radius 3 is 2.55 bits per heavy atom. The van der Waals surface area contributed by atoms with Crippen molar-refractivity contribution in [1.29, 1.82) is 0 Å². The van der Waals surface area contributed by atoms with Crippen LogP contribution in [-0.4, -0.2) is 49.9 Å². The van der Waals surface area contributed by atoms with E-state index >= 15 is 0 Å². The van der Waals surface area contributed by atoms with Crippen molar-refractivity contribution in [3.63, 3.8) is 0 Å². The highest BCUT2D eigenvalue weighted by Crippen LogP contribution is 2.25. The highest BCUT2D eigenvalue weighted by molar-refractivity contribution is 7.89. The van der Waals surface area contributed by atoms with Gasteiger partial charge in [-0.15, -0.1) is 0 Å². The molecule has 0 aliphatic carbocycles. The maximum Gasteiger partial charge on any atom is 0.241 e. The lowest BCUT2D eigenvalue weighted by Crippen LogP contribution is -2.46. The van der Waals surface area contributed by atoms with E-state index in [1.807, 2.05) is 42.2 Å². The van der Waals surface area contributed by atoms with Crippen molar-refractivity contribution in [2.45, 2.75) is 30.7 Å². The van der Waals surface area contributed by atoms with Crippen LogP contribution >= 0.6 is 0 Å². The Hall–Kier alpha value is -2.81. The number of aromatic nitrogens is 1. The van der Waals surface area contributed by atoms with Crippen molar-refractivity contribution in [2.75, 3.05) is 25.0 Å². The largest absolute Gasteiger partial charge is 0.325 e. The quantitative estimate of drug-likeness (QED) is 0.618. The summed E-state index contributed by atoms with van der Waals surface area (Å²) >= 11 is 0. The van der Waals surface area contributed by atoms with E-state index in [2.05, 4.69) is 15.0 Å². The average molecular weight is 439 g/mol. The molecule has 162 valence electrons. The van der Waals surface area contributed by atoms with Gasteiger partial charge in [-0.05, 0) is 55.7 Å². The molecule has 0 unspecified atom stereocenters. The Labute approximate surface area is 182 Å². The van der Waals surface area contributed by atoms with Crippen LogP contribution in [0.2, 0.25) is 0 Å². The maximum atomic E-state index is 13.1. The smallest absolute Gasteiger partial charge is 0.241 e. The molecule has 2 heterocycles. The molecular formula is C23H26N4O3S. The van der Waals surface area contributed by atoms with Gasteiger partial charge in [0.05, 0.1) is 17.0 Å². The fraction of sp³-hybridized carbons (Fsp3) is 0.304. The number of nitrogens with zero attached hydrogens (tertiary/aromatic N) is 2. The molecule has 1 aliphatic rings. The molecule has 0 bridgehead atoms. The zero-order valence-electron chi connectivity index (χ0n) is 17.4. The van der Waals surface area contributed by atoms with E-state index in [0.717, 1.165) is 11.3 Å². The van der Waals surface area contributed by atoms with Crippen LogP contribution < -0.4 is 10.0 Å². The first-order valence-electron chi connectivity index (χ1n) is 10.4. The van der Waals surface area contributed by atoms with Crippen LogP contribution in [0.4, 0.5) is 5.69 Å². The van der Waals surface area contributed by atoms with Crippen LogP contribution in [0.25, 0.3) is 10.9 Å². The zero-order valence-corrected chi connectivity index (χ0v) is 18.2. The summed E-state index contributed by atoms with van der Waals surface area (Å²) in [6.07, 6.45) is 2.97. The number of hydrogen-bond donors (Lipinski definition) is 2. The van der Waals surface area contributed by atoms with Crippen molar-refractivity contribution in [1.82, 2.24) is 14.6 Å². The Bertz CT molecular complexity index is 1170. The number of pyridine rings is 1. The first-order chi connectivity index (χ1) is 14.9. The number of anilines is 1. The number of benzene rings is 2. The molecule has 31 heavy (non-hydrogen) atoms. The fourth-order valence-corrected chi connectivity index (χ4v) is 5.44. The summed E-state index contributed by atoms with van der Waals surface area (Å²) in [6.45, 7) is 3.53. The van der Waals surface area contributed by atoms with E-state index in [0.29, 0.717) is 43.4 Å². The topological polar surface area (TPSA) is 91.4 Å². The van der Waals surface area contributed by atoms with Gasteiger partial charge in [0.15, 0.2) is 0 Å². The molecule has 0 saturated carbocycles. The summed E-state index contributed by atoms with van der Waals surface area (Å²) in [5, 5.41) is 3.51. The third-order valence-corrected chi connectivity index (χ3v) is 7.13. The van der Waals surface area contributed by atoms with Gasteiger partial charge in [-0.1, -0.05) is 24.3 Å². The van der Waals surface area contributed by atoms with Gasteiger partial charge in [0.2, 0.25) is 15.9 Å². The van der Waals surface area contributed by atoms with Crippen LogP contribution in [0, 0.1) is 6.92 Å². The average Bonchev–Trinajstić information content (AvgIpc) is 2.76. The van der Waals surface area contributed by atoms with E-state index in [4.69, 9.17) is 0 Å². The fourth-order valence-electron chi connectivity index (χ4n) is 3.94. The first-order valence-corrected chi connectivity index (χ1v) is 11.8. The minimum Gasteiger partial charge on any atom is -0.325 e. The van der Waals surface area contributed by atoms with E-state index < -0.39 is 10.0 Å². The summed E-state index contributed by atoms with van der Waals surface area (Å²) in [5.41, 5.74) is 2.41. The van der Waals surface area contributed by atoms with Crippen LogP contribution in [0.5, 0.6) is 0 Å². The molecule has 0 atom stereocenters. The molecule has 1 amide bonds. The molecule has 1 aromatic heterocycles. The molecule has 7 nitrogen and oxygen atoms in total. The summed E-state index contributed by atoms with van der Waals surface area (Å²) < 4.78 is 29.0. The lowest BCUT2D eigenvalue weighted by molar-refractivity contribution is -0.117. The number of carbonyl (C=O) groups excluding carboxylic acids is 1. The third kappa shape index (κ3) is 5.10. The van der Waals surface area contributed by atoms with Crippen molar-refractivity contribution in [2.24, 2.45) is 0 Å². The number of sulfonamides is 1. The minimum absolute atomic E-state index is 0.0659. The second-order valence-corrected chi connectivity index (χ2v) is 9.55. The SMILES string of the molecule is Cc1ccc(S(=O)(=O)NC2CCN(CC(=O)Nc3ccccc3)CC2)c2cccnc12. The number of nitrogens with one attached hydrogen (secondary N) is 2. The van der Waals surface area contributed by atoms with Gasteiger partial charge in [0, 0.05) is 36.4 Å². The first kappa shape index (κ1) is 21.4. The van der Waals surface area contributed by atoms with Gasteiger partial charge in [-0.3, -0.25) is 14.7 Å². The van der Waals surface area contributed by atoms with E-state index in [1.54, 1.807) is 30.5 Å². The predicted molar refractivity (Wildman–Crippen MR) is 121 cm³/mol. The van der Waals surface area contributed by atoms with Crippen molar-refractivity contribution >= 4 is 32.5 Å². The number of likely N-dealkylation sites (tertiary alicyclic amines) is 1. The summed E-state index contributed by atoms with van der Waals surface area (Å²) in [7, 11) is -3.67. The predicted octanol–water partition coefficient (Wildman–Crippen LogP) is 2.92. The number of para-hydroxylation sites is 1. The molecule has 4 rings (SSSR count). The maximum absolute atomic E-state index is 13.1. The molecule has 2 aromatic carbocycles. The molecular weight excluding hydrogens is 412 g/mol. The molecule has 3 aromatic rings. The van der Waals surface area contributed by atoms with Crippen LogP contribution in [-0.2, 0) is 14.8 Å². The minimum atomic E-state index is -3.67. The highest BCUT2D eigenvalue weighted by atomic mass is 32.2. The van der Waals surface area contributed by atoms with Crippen molar-refractivity contribution < 1.29 is 13.2 Å². The van der Waals surface area contributed by atoms with Gasteiger partial charge in [-0.2, -0.15) is 0 Å². The number of piperidine rings is 1. The van der Waals surface area contributed by atoms with E-state index in [1.165, 1.54) is 0 Å². The lowest BCUT2D eigenvalue weighted by Gasteiger charge is -2.31. The second-order valence-electron chi connectivity index (χ2n) is 7.87. The number of fused-ring (bicyclic) bond motifs is 1. The zero-order chi connectivity index (χ0) is 21.8. The number of amides is 1. The molecule has 0 spiro atoms. The van der Waals surface area contributed by atoms with E-state index in [-0.39, 0.29) is 16.8 Å². The lowest BCUT2D eigenvalue weighted by atomic mass is 10.1. The molecule has 1 aliphatic heterocycles. The molecule has 2 N–H and O–H groups in total. The molecule has 1 saturated heterocycles. The monoisotopic (exact) mass is 438 g/mol. The second kappa shape index (κ2) is 9.13. The molecule has 1 fully saturated rings. The Morgan fingerprint density at radius 1 is 1.06 bits per heavy atom. The Balaban J connectivity index is 1.35. The standard InChI is InChI=1S/C23H26N4O3S/c1-17-9-10-21(20-8-5-13-24-23(17)20)31(29,30)26-19-11-14-27(15-12-19)16-22(28)25-18-6-3-2-4-7-18/h2-10,13,19,26H,11-12,14-16H2,1H3,(H,25,28). The summed E-state index contributed by atoms with van der Waals surface area (Å²) in [5.74, 6) is -0.0659. The van der Waals surface area contributed by atoms with Gasteiger partial charge in [0.1, 0.15) is 0 Å². The molecule has 8 heteroatoms. The van der Waals surface area contributed by atoms with Crippen molar-refractivity contribution in [3.05, 3.63) is 66.4 Å². The van der Waals surface area contributed by atoms with Crippen molar-refractivity contribution in [3.8, 4) is 0 Å². The number of aryl methyl sites for hydroxylation is 1. The van der Waals surface area contributed by atoms with Gasteiger partial charge in [-0.25, -0.2) is 13.1 Å². The highest BCUT2D eigenvalue weighted by Gasteiger charge is 2.26. The Kier molecular flexibility index (Phi) is 6.31. The number of rotatable bonds is 6. The van der Waals surface area contributed by atoms with Crippen LogP contribution in [0.3, 0.4) is 0 Å². The van der Waals surface area contributed by atoms with Gasteiger partial charge < -0.3 is 5.32 Å². The third-order valence-electron chi connectivity index (χ3n) is 5.56. The Morgan fingerprint density at radius 2 is 1.81 bits per heavy atom. The number of hydrogen-bond acceptors (Lipinski definition) is 5. The summed E-state index contributed by atoms with van der Waals surface area (Å²) in [6, 6.07) is 16.2. The number of carbonyl (C=O) groups is 1. The van der Waals surface area contributed by atoms with Crippen LogP contribution in [0.1, 0.15) is 18.4 Å². The summed E-state index contributed by atoms with van der Waals surface area (Å²) in [4.78, 5) is 18.9. The molecule has 0 radical (unpaired) electrons. The van der Waals surface area contributed by atoms with Crippen LogP contribution in [0.15, 0.2) is 65.7 Å². The normalized spacial score (nSPS) is 15.8. The van der Waals surface area contributed by atoms with Gasteiger partial charge >= 0.3 is 0 Å². The van der Waals surface area contributed by atoms with E-state index in [9.17, 15) is 13.2 Å². The van der Waals surface area contributed by atoms with Gasteiger partial charge in [0.25, 0.3) is 0 Å².